The van der Waals surface area contributed by atoms with Crippen molar-refractivity contribution in [2.24, 2.45) is 0 Å². The summed E-state index contributed by atoms with van der Waals surface area (Å²) in [5.74, 6) is 2.91. The average Bonchev–Trinajstić information content (AvgIpc) is 3.68. The van der Waals surface area contributed by atoms with Gasteiger partial charge in [-0.05, 0) is 41.6 Å². The van der Waals surface area contributed by atoms with Crippen LogP contribution < -0.4 is 18.9 Å². The summed E-state index contributed by atoms with van der Waals surface area (Å²) in [6.45, 7) is 1.53. The lowest BCUT2D eigenvalue weighted by atomic mass is 9.98. The van der Waals surface area contributed by atoms with Crippen LogP contribution in [0.2, 0.25) is 0 Å². The van der Waals surface area contributed by atoms with Crippen LogP contribution in [0.1, 0.15) is 23.0 Å². The van der Waals surface area contributed by atoms with E-state index in [1.807, 2.05) is 73.0 Å². The molecule has 4 aliphatic heterocycles. The number of rotatable bonds is 8. The van der Waals surface area contributed by atoms with E-state index in [9.17, 15) is 0 Å². The smallest absolute Gasteiger partial charge is 0.231 e. The normalized spacial score (nSPS) is 28.3. The Morgan fingerprint density at radius 2 is 1.35 bits per heavy atom. The lowest BCUT2D eigenvalue weighted by molar-refractivity contribution is -0.329. The Morgan fingerprint density at radius 1 is 0.725 bits per heavy atom. The summed E-state index contributed by atoms with van der Waals surface area (Å²) in [5, 5.41) is 0. The molecule has 4 aliphatic rings. The van der Waals surface area contributed by atoms with Gasteiger partial charge in [0.2, 0.25) is 13.6 Å². The van der Waals surface area contributed by atoms with Gasteiger partial charge < -0.3 is 42.6 Å². The second kappa shape index (κ2) is 11.5. The molecule has 1 unspecified atom stereocenters. The quantitative estimate of drug-likeness (QED) is 0.379. The van der Waals surface area contributed by atoms with E-state index < -0.39 is 24.6 Å². The zero-order chi connectivity index (χ0) is 26.9. The number of hydrogen-bond acceptors (Lipinski definition) is 10. The van der Waals surface area contributed by atoms with Gasteiger partial charge in [0.1, 0.15) is 29.9 Å². The maximum atomic E-state index is 6.65. The average molecular weight is 567 g/mol. The molecule has 0 radical (unpaired) electrons. The first-order valence-electron chi connectivity index (χ1n) is 13.3. The molecule has 0 bridgehead atoms. The fraction of sp³-hybridized carbons (Fsp3) is 0.400. The molecule has 3 aromatic rings. The summed E-state index contributed by atoms with van der Waals surface area (Å²) < 4.78 is 54.4. The summed E-state index contributed by atoms with van der Waals surface area (Å²) in [5.41, 5.74) is 2.60. The van der Waals surface area contributed by atoms with Gasteiger partial charge in [-0.1, -0.05) is 42.5 Å². The third-order valence-electron chi connectivity index (χ3n) is 7.35. The minimum Gasteiger partial charge on any atom is -0.454 e. The topological polar surface area (TPSA) is 83.1 Å². The highest BCUT2D eigenvalue weighted by atomic mass is 32.2. The van der Waals surface area contributed by atoms with Crippen molar-refractivity contribution in [3.63, 3.8) is 0 Å². The zero-order valence-corrected chi connectivity index (χ0v) is 22.7. The summed E-state index contributed by atoms with van der Waals surface area (Å²) in [7, 11) is 0. The van der Waals surface area contributed by atoms with Crippen molar-refractivity contribution in [3.8, 4) is 23.0 Å². The van der Waals surface area contributed by atoms with E-state index in [0.717, 1.165) is 39.7 Å². The molecule has 0 spiro atoms. The molecular weight excluding hydrogens is 536 g/mol. The van der Waals surface area contributed by atoms with Crippen LogP contribution in [0.5, 0.6) is 23.0 Å². The Kier molecular flexibility index (Phi) is 7.44. The molecule has 0 aliphatic carbocycles. The largest absolute Gasteiger partial charge is 0.454 e. The van der Waals surface area contributed by atoms with Crippen molar-refractivity contribution in [2.45, 2.75) is 49.4 Å². The van der Waals surface area contributed by atoms with Crippen LogP contribution >= 0.6 is 11.8 Å². The van der Waals surface area contributed by atoms with Gasteiger partial charge in [-0.25, -0.2) is 0 Å². The number of ether oxygens (including phenoxy) is 9. The molecule has 7 rings (SSSR count). The summed E-state index contributed by atoms with van der Waals surface area (Å²) in [4.78, 5) is 0. The van der Waals surface area contributed by atoms with Crippen LogP contribution in [-0.4, -0.2) is 56.3 Å². The number of hydrogen-bond donors (Lipinski definition) is 0. The first-order chi connectivity index (χ1) is 19.7. The molecule has 3 aromatic carbocycles. The van der Waals surface area contributed by atoms with Crippen LogP contribution in [0, 0.1) is 0 Å². The van der Waals surface area contributed by atoms with E-state index in [4.69, 9.17) is 42.6 Å². The molecule has 10 heteroatoms. The fourth-order valence-corrected chi connectivity index (χ4v) is 6.08. The minimum atomic E-state index is -0.525. The Morgan fingerprint density at radius 3 is 2.00 bits per heavy atom. The second-order valence-corrected chi connectivity index (χ2v) is 10.8. The van der Waals surface area contributed by atoms with Gasteiger partial charge in [0.25, 0.3) is 0 Å². The van der Waals surface area contributed by atoms with Crippen molar-refractivity contribution in [1.82, 2.24) is 0 Å². The van der Waals surface area contributed by atoms with Gasteiger partial charge in [0, 0.05) is 5.56 Å². The fourth-order valence-electron chi connectivity index (χ4n) is 5.33. The van der Waals surface area contributed by atoms with Crippen LogP contribution in [0.3, 0.4) is 0 Å². The van der Waals surface area contributed by atoms with Crippen molar-refractivity contribution in [3.05, 3.63) is 83.4 Å². The third kappa shape index (κ3) is 5.23. The van der Waals surface area contributed by atoms with Crippen LogP contribution in [0.25, 0.3) is 0 Å². The van der Waals surface area contributed by atoms with Crippen molar-refractivity contribution < 1.29 is 42.6 Å². The molecule has 4 heterocycles. The van der Waals surface area contributed by atoms with Gasteiger partial charge in [-0.15, -0.1) is 11.8 Å². The highest BCUT2D eigenvalue weighted by Crippen LogP contribution is 2.40. The summed E-state index contributed by atoms with van der Waals surface area (Å²) in [6, 6.07) is 21.6. The summed E-state index contributed by atoms with van der Waals surface area (Å²) in [6.07, 6.45) is -0.0598. The maximum Gasteiger partial charge on any atom is 0.231 e. The van der Waals surface area contributed by atoms with Gasteiger partial charge >= 0.3 is 0 Å². The van der Waals surface area contributed by atoms with E-state index in [-0.39, 0.29) is 25.1 Å². The highest BCUT2D eigenvalue weighted by Gasteiger charge is 2.51. The first kappa shape index (κ1) is 25.9. The predicted octanol–water partition coefficient (Wildman–Crippen LogP) is 4.82. The van der Waals surface area contributed by atoms with E-state index in [2.05, 4.69) is 0 Å². The van der Waals surface area contributed by atoms with Gasteiger partial charge in [-0.2, -0.15) is 0 Å². The molecule has 0 amide bonds. The Labute approximate surface area is 236 Å². The summed E-state index contributed by atoms with van der Waals surface area (Å²) >= 11 is 1.58. The van der Waals surface area contributed by atoms with Crippen LogP contribution in [0.4, 0.5) is 0 Å². The number of benzene rings is 3. The van der Waals surface area contributed by atoms with Crippen LogP contribution in [-0.2, 0) is 36.9 Å². The van der Waals surface area contributed by atoms with E-state index >= 15 is 0 Å². The van der Waals surface area contributed by atoms with Crippen molar-refractivity contribution >= 4 is 11.8 Å². The van der Waals surface area contributed by atoms with Gasteiger partial charge in [-0.3, -0.25) is 0 Å². The van der Waals surface area contributed by atoms with Gasteiger partial charge in [0.15, 0.2) is 29.3 Å². The molecule has 210 valence electrons. The standard InChI is InChI=1S/C30H30O9S/c1-40-30-28(32-14-19-8-10-22-24(12-19)37-17-35-22)27(31-13-18-7-9-21-23(11-18)36-16-34-21)26-25(38-30)15-33-29(39-26)20-5-3-2-4-6-20/h2-12,25-30H,13-17H2,1H3/t25-,26+,27+,28-,29?,30+/m1/s1. The molecule has 6 atom stereocenters. The maximum absolute atomic E-state index is 6.65. The molecule has 40 heavy (non-hydrogen) atoms. The van der Waals surface area contributed by atoms with Crippen LogP contribution in [0.15, 0.2) is 66.7 Å². The van der Waals surface area contributed by atoms with E-state index in [1.54, 1.807) is 11.8 Å². The third-order valence-corrected chi connectivity index (χ3v) is 8.19. The molecule has 2 fully saturated rings. The Balaban J connectivity index is 1.14. The minimum absolute atomic E-state index is 0.225. The Hall–Kier alpha value is -2.99. The number of thioether (sulfide) groups is 1. The SMILES string of the molecule is CS[C@@H]1O[C@@H]2COC(c3ccccc3)O[C@@H]2[C@H](OCc2ccc3c(c2)OCO3)[C@H]1OCc1ccc2c(c1)OCO2. The molecular formula is C30H30O9S. The highest BCUT2D eigenvalue weighted by molar-refractivity contribution is 7.99. The van der Waals surface area contributed by atoms with E-state index in [0.29, 0.717) is 19.8 Å². The zero-order valence-electron chi connectivity index (χ0n) is 21.9. The Bertz CT molecular complexity index is 1320. The molecule has 2 saturated heterocycles. The van der Waals surface area contributed by atoms with Gasteiger partial charge in [0.05, 0.1) is 19.8 Å². The van der Waals surface area contributed by atoms with E-state index in [1.165, 1.54) is 0 Å². The number of fused-ring (bicyclic) bond motifs is 3. The molecule has 9 nitrogen and oxygen atoms in total. The molecule has 0 aromatic heterocycles. The monoisotopic (exact) mass is 566 g/mol. The first-order valence-corrected chi connectivity index (χ1v) is 14.5. The molecule has 0 N–H and O–H groups in total. The lowest BCUT2D eigenvalue weighted by Crippen LogP contribution is -2.62. The lowest BCUT2D eigenvalue weighted by Gasteiger charge is -2.49. The second-order valence-electron chi connectivity index (χ2n) is 9.88. The van der Waals surface area contributed by atoms with Crippen molar-refractivity contribution in [1.29, 1.82) is 0 Å². The molecule has 0 saturated carbocycles. The predicted molar refractivity (Wildman–Crippen MR) is 144 cm³/mol. The van der Waals surface area contributed by atoms with Crippen molar-refractivity contribution in [2.75, 3.05) is 26.4 Å².